The van der Waals surface area contributed by atoms with E-state index < -0.39 is 37.1 Å². The first-order valence-corrected chi connectivity index (χ1v) is 5.03. The zero-order valence-corrected chi connectivity index (χ0v) is 9.16. The standard InChI is InChI=1S/C9H17NO6/c1-4-7(10-5(2)12)9(16-14)8(13)6(3-11)15-4/h4,6-9,11,13-14H,3H2,1-2H3,(H,10,12)/t4-,6?,7?,8+,9?/m0/s1. The normalized spacial score (nSPS) is 39.4. The van der Waals surface area contributed by atoms with E-state index in [1.165, 1.54) is 6.92 Å². The van der Waals surface area contributed by atoms with Gasteiger partial charge in [-0.3, -0.25) is 10.1 Å². The van der Waals surface area contributed by atoms with Gasteiger partial charge in [-0.2, -0.15) is 0 Å². The second-order valence-electron chi connectivity index (χ2n) is 3.85. The van der Waals surface area contributed by atoms with Crippen molar-refractivity contribution >= 4 is 5.91 Å². The molecule has 0 saturated carbocycles. The second kappa shape index (κ2) is 5.55. The minimum atomic E-state index is -1.21. The van der Waals surface area contributed by atoms with Crippen LogP contribution in [-0.4, -0.2) is 58.4 Å². The van der Waals surface area contributed by atoms with Gasteiger partial charge in [0.2, 0.25) is 5.91 Å². The molecule has 5 atom stereocenters. The summed E-state index contributed by atoms with van der Waals surface area (Å²) in [5.74, 6) is -0.322. The van der Waals surface area contributed by atoms with E-state index in [1.54, 1.807) is 6.92 Å². The van der Waals surface area contributed by atoms with Crippen molar-refractivity contribution in [1.29, 1.82) is 0 Å². The van der Waals surface area contributed by atoms with Crippen molar-refractivity contribution in [2.24, 2.45) is 0 Å². The summed E-state index contributed by atoms with van der Waals surface area (Å²) in [4.78, 5) is 15.1. The SMILES string of the molecule is CC(=O)NC1C(OO)[C@H](O)C(CO)O[C@H]1C. The number of carbonyl (C=O) groups excluding carboxylic acids is 1. The van der Waals surface area contributed by atoms with E-state index in [0.29, 0.717) is 0 Å². The van der Waals surface area contributed by atoms with Crippen LogP contribution >= 0.6 is 0 Å². The second-order valence-corrected chi connectivity index (χ2v) is 3.85. The predicted molar refractivity (Wildman–Crippen MR) is 52.5 cm³/mol. The average molecular weight is 235 g/mol. The molecule has 94 valence electrons. The van der Waals surface area contributed by atoms with Crippen molar-refractivity contribution in [3.63, 3.8) is 0 Å². The monoisotopic (exact) mass is 235 g/mol. The summed E-state index contributed by atoms with van der Waals surface area (Å²) in [5.41, 5.74) is 0. The lowest BCUT2D eigenvalue weighted by molar-refractivity contribution is -0.333. The molecule has 0 aromatic carbocycles. The van der Waals surface area contributed by atoms with Crippen LogP contribution in [0, 0.1) is 0 Å². The van der Waals surface area contributed by atoms with Crippen molar-refractivity contribution in [3.05, 3.63) is 0 Å². The molecule has 7 heteroatoms. The molecule has 0 spiro atoms. The molecule has 0 radical (unpaired) electrons. The van der Waals surface area contributed by atoms with Crippen LogP contribution < -0.4 is 5.32 Å². The Morgan fingerprint density at radius 3 is 2.62 bits per heavy atom. The zero-order valence-electron chi connectivity index (χ0n) is 9.16. The zero-order chi connectivity index (χ0) is 12.3. The topological polar surface area (TPSA) is 108 Å². The summed E-state index contributed by atoms with van der Waals surface area (Å²) in [5, 5.41) is 29.9. The molecule has 1 aliphatic rings. The highest BCUT2D eigenvalue weighted by molar-refractivity contribution is 5.73. The molecular weight excluding hydrogens is 218 g/mol. The lowest BCUT2D eigenvalue weighted by Crippen LogP contribution is -2.63. The van der Waals surface area contributed by atoms with E-state index in [0.717, 1.165) is 0 Å². The molecule has 0 aliphatic carbocycles. The highest BCUT2D eigenvalue weighted by Crippen LogP contribution is 2.22. The number of ether oxygens (including phenoxy) is 1. The number of aliphatic hydroxyl groups excluding tert-OH is 2. The summed E-state index contributed by atoms with van der Waals surface area (Å²) in [6.07, 6.45) is -3.55. The average Bonchev–Trinajstić information content (AvgIpc) is 2.23. The largest absolute Gasteiger partial charge is 0.394 e. The maximum absolute atomic E-state index is 10.9. The first kappa shape index (κ1) is 13.3. The van der Waals surface area contributed by atoms with Crippen LogP contribution in [0.25, 0.3) is 0 Å². The lowest BCUT2D eigenvalue weighted by Gasteiger charge is -2.41. The third-order valence-corrected chi connectivity index (χ3v) is 2.64. The van der Waals surface area contributed by atoms with Gasteiger partial charge in [-0.25, -0.2) is 4.89 Å². The van der Waals surface area contributed by atoms with Crippen LogP contribution in [0.4, 0.5) is 0 Å². The third-order valence-electron chi connectivity index (χ3n) is 2.64. The fourth-order valence-corrected chi connectivity index (χ4v) is 1.85. The Morgan fingerprint density at radius 1 is 1.56 bits per heavy atom. The molecular formula is C9H17NO6. The molecule has 0 aromatic rings. The molecule has 1 aliphatic heterocycles. The minimum Gasteiger partial charge on any atom is -0.394 e. The van der Waals surface area contributed by atoms with Gasteiger partial charge in [0.15, 0.2) is 0 Å². The van der Waals surface area contributed by atoms with E-state index in [1.807, 2.05) is 0 Å². The molecule has 7 nitrogen and oxygen atoms in total. The maximum Gasteiger partial charge on any atom is 0.217 e. The summed E-state index contributed by atoms with van der Waals surface area (Å²) in [6.45, 7) is 2.57. The lowest BCUT2D eigenvalue weighted by atomic mass is 9.93. The van der Waals surface area contributed by atoms with Crippen molar-refractivity contribution in [2.45, 2.75) is 44.3 Å². The van der Waals surface area contributed by atoms with E-state index >= 15 is 0 Å². The molecule has 0 aromatic heterocycles. The molecule has 1 rings (SSSR count). The number of amides is 1. The van der Waals surface area contributed by atoms with Crippen molar-refractivity contribution in [2.75, 3.05) is 6.61 Å². The first-order valence-electron chi connectivity index (χ1n) is 5.03. The molecule has 0 bridgehead atoms. The van der Waals surface area contributed by atoms with Gasteiger partial charge in [-0.1, -0.05) is 0 Å². The van der Waals surface area contributed by atoms with Crippen LogP contribution in [0.2, 0.25) is 0 Å². The van der Waals surface area contributed by atoms with E-state index in [2.05, 4.69) is 10.2 Å². The van der Waals surface area contributed by atoms with Crippen LogP contribution in [-0.2, 0) is 14.4 Å². The third kappa shape index (κ3) is 2.69. The van der Waals surface area contributed by atoms with Gasteiger partial charge in [0, 0.05) is 6.92 Å². The van der Waals surface area contributed by atoms with Gasteiger partial charge < -0.3 is 20.3 Å². The Labute approximate surface area is 92.9 Å². The molecule has 1 amide bonds. The Hall–Kier alpha value is -0.730. The van der Waals surface area contributed by atoms with E-state index in [4.69, 9.17) is 15.1 Å². The number of carbonyl (C=O) groups is 1. The molecule has 1 heterocycles. The van der Waals surface area contributed by atoms with E-state index in [-0.39, 0.29) is 5.91 Å². The Morgan fingerprint density at radius 2 is 2.19 bits per heavy atom. The summed E-state index contributed by atoms with van der Waals surface area (Å²) >= 11 is 0. The molecule has 3 unspecified atom stereocenters. The quantitative estimate of drug-likeness (QED) is 0.350. The maximum atomic E-state index is 10.9. The molecule has 4 N–H and O–H groups in total. The van der Waals surface area contributed by atoms with Crippen LogP contribution in [0.5, 0.6) is 0 Å². The Bertz CT molecular complexity index is 248. The predicted octanol–water partition coefficient (Wildman–Crippen LogP) is -1.51. The summed E-state index contributed by atoms with van der Waals surface area (Å²) in [7, 11) is 0. The molecule has 1 saturated heterocycles. The van der Waals surface area contributed by atoms with E-state index in [9.17, 15) is 9.90 Å². The van der Waals surface area contributed by atoms with Crippen molar-refractivity contribution < 1.29 is 29.9 Å². The first-order chi connectivity index (χ1) is 7.51. The van der Waals surface area contributed by atoms with Gasteiger partial charge in [-0.15, -0.1) is 0 Å². The number of hydrogen-bond acceptors (Lipinski definition) is 6. The highest BCUT2D eigenvalue weighted by Gasteiger charge is 2.44. The number of aliphatic hydroxyl groups is 2. The molecule has 1 fully saturated rings. The van der Waals surface area contributed by atoms with Gasteiger partial charge in [-0.05, 0) is 6.92 Å². The molecule has 16 heavy (non-hydrogen) atoms. The van der Waals surface area contributed by atoms with Gasteiger partial charge in [0.1, 0.15) is 18.3 Å². The summed E-state index contributed by atoms with van der Waals surface area (Å²) in [6, 6.07) is -0.666. The Kier molecular flexibility index (Phi) is 4.63. The van der Waals surface area contributed by atoms with Crippen LogP contribution in [0.15, 0.2) is 0 Å². The van der Waals surface area contributed by atoms with Crippen LogP contribution in [0.1, 0.15) is 13.8 Å². The fourth-order valence-electron chi connectivity index (χ4n) is 1.85. The number of hydrogen-bond donors (Lipinski definition) is 4. The summed E-state index contributed by atoms with van der Waals surface area (Å²) < 4.78 is 5.29. The fraction of sp³-hybridized carbons (Fsp3) is 0.889. The van der Waals surface area contributed by atoms with Crippen molar-refractivity contribution in [3.8, 4) is 0 Å². The van der Waals surface area contributed by atoms with Crippen molar-refractivity contribution in [1.82, 2.24) is 5.32 Å². The Balaban J connectivity index is 2.78. The van der Waals surface area contributed by atoms with Gasteiger partial charge in [0.05, 0.1) is 18.8 Å². The van der Waals surface area contributed by atoms with Gasteiger partial charge >= 0.3 is 0 Å². The van der Waals surface area contributed by atoms with Gasteiger partial charge in [0.25, 0.3) is 0 Å². The highest BCUT2D eigenvalue weighted by atomic mass is 17.1. The number of nitrogens with one attached hydrogen (secondary N) is 1. The van der Waals surface area contributed by atoms with Crippen LogP contribution in [0.3, 0.4) is 0 Å². The number of rotatable bonds is 3. The smallest absolute Gasteiger partial charge is 0.217 e. The minimum absolute atomic E-state index is 0.322.